The summed E-state index contributed by atoms with van der Waals surface area (Å²) in [5.41, 5.74) is 6.59. The molecule has 2 unspecified atom stereocenters. The van der Waals surface area contributed by atoms with Crippen molar-refractivity contribution in [3.8, 4) is 5.75 Å². The molecule has 0 bridgehead atoms. The summed E-state index contributed by atoms with van der Waals surface area (Å²) >= 11 is 0. The number of aliphatic hydroxyl groups excluding tert-OH is 2. The molecule has 4 aliphatic carbocycles. The van der Waals surface area contributed by atoms with E-state index in [0.29, 0.717) is 5.92 Å². The molecule has 1 aliphatic heterocycles. The van der Waals surface area contributed by atoms with Crippen LogP contribution in [0, 0.1) is 28.6 Å². The van der Waals surface area contributed by atoms with Crippen LogP contribution in [-0.2, 0) is 16.6 Å². The average molecular weight is 665 g/mol. The van der Waals surface area contributed by atoms with E-state index < -0.39 is 23.4 Å². The Morgan fingerprint density at radius 2 is 1.82 bits per heavy atom. The van der Waals surface area contributed by atoms with Crippen LogP contribution in [0.3, 0.4) is 0 Å². The van der Waals surface area contributed by atoms with Crippen LogP contribution in [0.15, 0.2) is 43.5 Å². The third-order valence-electron chi connectivity index (χ3n) is 14.5. The Kier molecular flexibility index (Phi) is 7.02. The second-order valence-electron chi connectivity index (χ2n) is 18.0. The van der Waals surface area contributed by atoms with E-state index in [0.717, 1.165) is 84.1 Å². The minimum atomic E-state index is -0.801. The van der Waals surface area contributed by atoms with Crippen LogP contribution < -0.4 is 5.32 Å². The van der Waals surface area contributed by atoms with Crippen LogP contribution in [0.2, 0.25) is 0 Å². The van der Waals surface area contributed by atoms with Gasteiger partial charge in [-0.05, 0) is 118 Å². The highest BCUT2D eigenvalue weighted by atomic mass is 16.5. The highest BCUT2D eigenvalue weighted by Gasteiger charge is 2.67. The van der Waals surface area contributed by atoms with Crippen molar-refractivity contribution in [1.29, 1.82) is 0 Å². The molecule has 5 aliphatic rings. The predicted octanol–water partition coefficient (Wildman–Crippen LogP) is 8.24. The zero-order valence-electron chi connectivity index (χ0n) is 30.8. The van der Waals surface area contributed by atoms with E-state index in [9.17, 15) is 15.3 Å². The summed E-state index contributed by atoms with van der Waals surface area (Å²) in [6, 6.07) is 2.35. The minimum Gasteiger partial charge on any atom is -0.505 e. The smallest absolute Gasteiger partial charge is 0.149 e. The van der Waals surface area contributed by atoms with Gasteiger partial charge >= 0.3 is 0 Å². The normalized spacial score (nSPS) is 37.2. The predicted molar refractivity (Wildman–Crippen MR) is 199 cm³/mol. The van der Waals surface area contributed by atoms with Crippen molar-refractivity contribution >= 4 is 27.4 Å². The third-order valence-corrected chi connectivity index (χ3v) is 14.5. The Balaban J connectivity index is 1.37. The van der Waals surface area contributed by atoms with Crippen LogP contribution in [0.4, 0.5) is 0 Å². The molecule has 2 saturated carbocycles. The molecule has 1 aromatic carbocycles. The van der Waals surface area contributed by atoms with Gasteiger partial charge in [0.2, 0.25) is 0 Å². The van der Waals surface area contributed by atoms with Crippen molar-refractivity contribution < 1.29 is 20.1 Å². The number of ether oxygens (including phenoxy) is 1. The van der Waals surface area contributed by atoms with Gasteiger partial charge in [-0.1, -0.05) is 45.6 Å². The van der Waals surface area contributed by atoms with E-state index >= 15 is 0 Å². The van der Waals surface area contributed by atoms with Gasteiger partial charge in [-0.15, -0.1) is 6.58 Å². The first kappa shape index (κ1) is 33.3. The lowest BCUT2D eigenvalue weighted by Crippen LogP contribution is -2.62. The molecule has 8 rings (SSSR count). The molecule has 2 aromatic heterocycles. The standard InChI is InChI=1S/C43H56N2O4/c1-11-18-44-19-12-16-41(8)29-14-13-24-20-27-26-21-25-28-22-39(4,5)49-40(6,7)33(28)36(47)31(25)32-35(26)45(34(23(2)3)37(32)48)38(27)43(24,10)42(29,9)17-15-30(41)46/h11-12,16,21-22,24,29-30,33,36,44,46-48H,1-2,13-15,17-20H2,3-10H3/t24?,29-,30-,33?,36+,41-,42-,43+/m0/s1. The first-order valence-electron chi connectivity index (χ1n) is 18.6. The Labute approximate surface area is 292 Å². The highest BCUT2D eigenvalue weighted by molar-refractivity contribution is 6.11. The molecule has 3 aromatic rings. The number of rotatable bonds is 6. The SMILES string of the molecule is C=CCNCC=C[C@]1(C)[C@@H](O)CC[C@@]2(C)[C@H]1CCC1Cc3c(n4c(C(=C)C)c(O)c5c6c(cc3c54)C3=CC(C)(C)OC(C)(C)C3[C@@H]6O)[C@@]12C. The van der Waals surface area contributed by atoms with Crippen molar-refractivity contribution in [3.05, 3.63) is 71.6 Å². The van der Waals surface area contributed by atoms with Gasteiger partial charge in [0.05, 0.1) is 34.6 Å². The maximum absolute atomic E-state index is 12.3. The molecule has 0 radical (unpaired) electrons. The molecule has 0 amide bonds. The van der Waals surface area contributed by atoms with Crippen LogP contribution in [0.5, 0.6) is 5.75 Å². The van der Waals surface area contributed by atoms with Crippen molar-refractivity contribution in [3.63, 3.8) is 0 Å². The fourth-order valence-electron chi connectivity index (χ4n) is 12.5. The number of fused-ring (bicyclic) bond motifs is 11. The third kappa shape index (κ3) is 4.03. The van der Waals surface area contributed by atoms with Crippen molar-refractivity contribution in [1.82, 2.24) is 9.72 Å². The molecule has 4 N–H and O–H groups in total. The fraction of sp³-hybridized carbons (Fsp3) is 0.581. The summed E-state index contributed by atoms with van der Waals surface area (Å²) < 4.78 is 8.92. The Bertz CT molecular complexity index is 1980. The zero-order valence-corrected chi connectivity index (χ0v) is 30.8. The summed E-state index contributed by atoms with van der Waals surface area (Å²) in [6.07, 6.45) is 12.3. The summed E-state index contributed by atoms with van der Waals surface area (Å²) in [6.45, 7) is 27.4. The fourth-order valence-corrected chi connectivity index (χ4v) is 12.5. The number of hydrogen-bond donors (Lipinski definition) is 4. The Morgan fingerprint density at radius 3 is 2.51 bits per heavy atom. The molecular weight excluding hydrogens is 608 g/mol. The number of aromatic nitrogens is 1. The zero-order chi connectivity index (χ0) is 35.2. The lowest BCUT2D eigenvalue weighted by molar-refractivity contribution is -0.144. The van der Waals surface area contributed by atoms with Crippen LogP contribution in [-0.4, -0.2) is 50.1 Å². The number of hydrogen-bond acceptors (Lipinski definition) is 5. The highest BCUT2D eigenvalue weighted by Crippen LogP contribution is 2.71. The maximum atomic E-state index is 12.3. The van der Waals surface area contributed by atoms with Crippen molar-refractivity contribution in [2.24, 2.45) is 28.6 Å². The monoisotopic (exact) mass is 664 g/mol. The van der Waals surface area contributed by atoms with Gasteiger partial charge in [0.1, 0.15) is 5.75 Å². The molecule has 49 heavy (non-hydrogen) atoms. The molecule has 6 heteroatoms. The van der Waals surface area contributed by atoms with E-state index in [1.54, 1.807) is 0 Å². The lowest BCUT2D eigenvalue weighted by atomic mass is 9.40. The molecule has 262 valence electrons. The number of nitrogens with zero attached hydrogens (tertiary/aromatic N) is 1. The van der Waals surface area contributed by atoms with Gasteiger partial charge in [0.15, 0.2) is 0 Å². The second kappa shape index (κ2) is 10.3. The van der Waals surface area contributed by atoms with Gasteiger partial charge in [-0.25, -0.2) is 0 Å². The summed E-state index contributed by atoms with van der Waals surface area (Å²) in [4.78, 5) is 0. The van der Waals surface area contributed by atoms with E-state index in [1.165, 1.54) is 16.6 Å². The first-order chi connectivity index (χ1) is 22.9. The number of allylic oxidation sites excluding steroid dienone is 1. The average Bonchev–Trinajstić information content (AvgIpc) is 3.68. The number of benzene rings is 1. The van der Waals surface area contributed by atoms with E-state index in [1.807, 2.05) is 13.0 Å². The van der Waals surface area contributed by atoms with E-state index in [2.05, 4.69) is 95.6 Å². The van der Waals surface area contributed by atoms with Crippen LogP contribution in [0.1, 0.15) is 115 Å². The maximum Gasteiger partial charge on any atom is 0.149 e. The molecular formula is C43H56N2O4. The summed E-state index contributed by atoms with van der Waals surface area (Å²) in [5.74, 6) is 0.738. The van der Waals surface area contributed by atoms with E-state index in [-0.39, 0.29) is 33.8 Å². The second-order valence-corrected chi connectivity index (χ2v) is 18.0. The van der Waals surface area contributed by atoms with Crippen molar-refractivity contribution in [2.75, 3.05) is 13.1 Å². The van der Waals surface area contributed by atoms with Gasteiger partial charge in [0.25, 0.3) is 0 Å². The van der Waals surface area contributed by atoms with Crippen LogP contribution in [0.25, 0.3) is 27.4 Å². The first-order valence-corrected chi connectivity index (χ1v) is 18.6. The molecule has 3 heterocycles. The molecule has 6 nitrogen and oxygen atoms in total. The molecule has 8 atom stereocenters. The summed E-state index contributed by atoms with van der Waals surface area (Å²) in [7, 11) is 0. The molecule has 2 fully saturated rings. The Hall–Kier alpha value is -2.90. The Morgan fingerprint density at radius 1 is 1.08 bits per heavy atom. The lowest BCUT2D eigenvalue weighted by Gasteiger charge is -2.64. The van der Waals surface area contributed by atoms with Gasteiger partial charge in [0, 0.05) is 51.9 Å². The summed E-state index contributed by atoms with van der Waals surface area (Å²) in [5, 5.41) is 41.5. The van der Waals surface area contributed by atoms with Gasteiger partial charge < -0.3 is 29.8 Å². The molecule has 0 spiro atoms. The van der Waals surface area contributed by atoms with Gasteiger partial charge in [-0.2, -0.15) is 0 Å². The quantitative estimate of drug-likeness (QED) is 0.158. The minimum absolute atomic E-state index is 0.0922. The largest absolute Gasteiger partial charge is 0.505 e. The molecule has 0 saturated heterocycles. The number of aromatic hydroxyl groups is 1. The topological polar surface area (TPSA) is 86.4 Å². The number of nitrogens with one attached hydrogen (secondary N) is 1. The van der Waals surface area contributed by atoms with Crippen LogP contribution >= 0.6 is 0 Å². The number of aliphatic hydroxyl groups is 2. The van der Waals surface area contributed by atoms with E-state index in [4.69, 9.17) is 4.74 Å². The van der Waals surface area contributed by atoms with Gasteiger partial charge in [-0.3, -0.25) is 0 Å². The van der Waals surface area contributed by atoms with Crippen molar-refractivity contribution in [2.45, 2.75) is 116 Å².